The van der Waals surface area contributed by atoms with Crippen molar-refractivity contribution >= 4 is 12.1 Å². The van der Waals surface area contributed by atoms with Crippen LogP contribution < -0.4 is 14.9 Å². The molecule has 2 aromatic rings. The number of nitrogens with zero attached hydrogens (tertiary/aromatic N) is 1. The first-order chi connectivity index (χ1) is 11.5. The molecule has 24 heavy (non-hydrogen) atoms. The molecule has 0 saturated heterocycles. The van der Waals surface area contributed by atoms with Crippen molar-refractivity contribution in [3.8, 4) is 17.2 Å². The van der Waals surface area contributed by atoms with Crippen molar-refractivity contribution in [2.45, 2.75) is 6.61 Å². The van der Waals surface area contributed by atoms with Crippen molar-refractivity contribution in [1.29, 1.82) is 0 Å². The predicted molar refractivity (Wildman–Crippen MR) is 82.8 cm³/mol. The SMILES string of the molecule is COc1cc(C=NNC(=O)c2ccccc2O)ccc1OC(F)F. The highest BCUT2D eigenvalue weighted by Gasteiger charge is 2.11. The number of carbonyl (C=O) groups is 1. The Balaban J connectivity index is 2.06. The molecule has 0 heterocycles. The van der Waals surface area contributed by atoms with Gasteiger partial charge in [-0.1, -0.05) is 12.1 Å². The van der Waals surface area contributed by atoms with Crippen molar-refractivity contribution in [3.05, 3.63) is 53.6 Å². The van der Waals surface area contributed by atoms with Gasteiger partial charge in [0.05, 0.1) is 18.9 Å². The van der Waals surface area contributed by atoms with Crippen LogP contribution in [-0.2, 0) is 0 Å². The zero-order valence-corrected chi connectivity index (χ0v) is 12.6. The zero-order valence-electron chi connectivity index (χ0n) is 12.6. The van der Waals surface area contributed by atoms with E-state index in [0.29, 0.717) is 5.56 Å². The minimum Gasteiger partial charge on any atom is -0.507 e. The summed E-state index contributed by atoms with van der Waals surface area (Å²) in [5, 5.41) is 13.3. The molecule has 0 aliphatic carbocycles. The van der Waals surface area contributed by atoms with Crippen LogP contribution in [0.3, 0.4) is 0 Å². The van der Waals surface area contributed by atoms with E-state index in [1.807, 2.05) is 0 Å². The van der Waals surface area contributed by atoms with Gasteiger partial charge in [0, 0.05) is 0 Å². The van der Waals surface area contributed by atoms with Gasteiger partial charge in [-0.05, 0) is 35.9 Å². The van der Waals surface area contributed by atoms with Crippen LogP contribution in [0.2, 0.25) is 0 Å². The van der Waals surface area contributed by atoms with Gasteiger partial charge in [0.2, 0.25) is 0 Å². The fourth-order valence-corrected chi connectivity index (χ4v) is 1.85. The molecule has 0 radical (unpaired) electrons. The van der Waals surface area contributed by atoms with Gasteiger partial charge in [0.15, 0.2) is 11.5 Å². The van der Waals surface area contributed by atoms with Crippen LogP contribution >= 0.6 is 0 Å². The monoisotopic (exact) mass is 336 g/mol. The van der Waals surface area contributed by atoms with Crippen LogP contribution in [0.5, 0.6) is 17.2 Å². The van der Waals surface area contributed by atoms with E-state index in [-0.39, 0.29) is 22.8 Å². The number of carbonyl (C=O) groups excluding carboxylic acids is 1. The lowest BCUT2D eigenvalue weighted by Crippen LogP contribution is -2.17. The van der Waals surface area contributed by atoms with Gasteiger partial charge in [-0.2, -0.15) is 13.9 Å². The minimum absolute atomic E-state index is 0.0768. The van der Waals surface area contributed by atoms with Crippen LogP contribution in [0, 0.1) is 0 Å². The Morgan fingerprint density at radius 2 is 2.00 bits per heavy atom. The van der Waals surface area contributed by atoms with Crippen molar-refractivity contribution in [3.63, 3.8) is 0 Å². The number of aromatic hydroxyl groups is 1. The fraction of sp³-hybridized carbons (Fsp3) is 0.125. The molecule has 8 heteroatoms. The molecule has 126 valence electrons. The number of rotatable bonds is 6. The average molecular weight is 336 g/mol. The summed E-state index contributed by atoms with van der Waals surface area (Å²) in [6.45, 7) is -2.96. The fourth-order valence-electron chi connectivity index (χ4n) is 1.85. The number of amides is 1. The smallest absolute Gasteiger partial charge is 0.387 e. The lowest BCUT2D eigenvalue weighted by atomic mass is 10.2. The van der Waals surface area contributed by atoms with E-state index in [1.54, 1.807) is 12.1 Å². The molecule has 0 fully saturated rings. The first-order valence-corrected chi connectivity index (χ1v) is 6.75. The molecule has 2 N–H and O–H groups in total. The van der Waals surface area contributed by atoms with E-state index in [2.05, 4.69) is 15.3 Å². The van der Waals surface area contributed by atoms with Gasteiger partial charge in [-0.25, -0.2) is 5.43 Å². The molecule has 0 aliphatic rings. The van der Waals surface area contributed by atoms with E-state index >= 15 is 0 Å². The molecule has 6 nitrogen and oxygen atoms in total. The van der Waals surface area contributed by atoms with E-state index in [1.165, 1.54) is 43.7 Å². The Morgan fingerprint density at radius 3 is 2.67 bits per heavy atom. The summed E-state index contributed by atoms with van der Waals surface area (Å²) in [7, 11) is 1.31. The Morgan fingerprint density at radius 1 is 1.25 bits per heavy atom. The minimum atomic E-state index is -2.96. The topological polar surface area (TPSA) is 80.2 Å². The van der Waals surface area contributed by atoms with E-state index in [0.717, 1.165) is 0 Å². The second kappa shape index (κ2) is 7.91. The number of alkyl halides is 2. The molecule has 0 spiro atoms. The van der Waals surface area contributed by atoms with E-state index in [9.17, 15) is 18.7 Å². The summed E-state index contributed by atoms with van der Waals surface area (Å²) < 4.78 is 33.8. The third kappa shape index (κ3) is 4.42. The Bertz CT molecular complexity index is 751. The predicted octanol–water partition coefficient (Wildman–Crippen LogP) is 2.77. The maximum atomic E-state index is 12.3. The summed E-state index contributed by atoms with van der Waals surface area (Å²) in [6, 6.07) is 10.2. The normalized spacial score (nSPS) is 10.8. The van der Waals surface area contributed by atoms with Gasteiger partial charge in [-0.3, -0.25) is 4.79 Å². The Labute approximate surface area is 136 Å². The summed E-state index contributed by atoms with van der Waals surface area (Å²) in [5.41, 5.74) is 2.82. The highest BCUT2D eigenvalue weighted by atomic mass is 19.3. The highest BCUT2D eigenvalue weighted by molar-refractivity contribution is 5.97. The number of methoxy groups -OCH3 is 1. The number of ether oxygens (including phenoxy) is 2. The third-order valence-electron chi connectivity index (χ3n) is 2.93. The molecule has 0 bridgehead atoms. The van der Waals surface area contributed by atoms with Gasteiger partial charge >= 0.3 is 6.61 Å². The quantitative estimate of drug-likeness (QED) is 0.628. The van der Waals surface area contributed by atoms with Gasteiger partial charge in [0.1, 0.15) is 5.75 Å². The molecular formula is C16H14F2N2O4. The number of benzene rings is 2. The van der Waals surface area contributed by atoms with E-state index < -0.39 is 12.5 Å². The summed E-state index contributed by atoms with van der Waals surface area (Å²) in [5.74, 6) is -0.761. The maximum Gasteiger partial charge on any atom is 0.387 e. The molecule has 0 unspecified atom stereocenters. The number of hydrogen-bond donors (Lipinski definition) is 2. The number of phenolic OH excluding ortho intramolecular Hbond substituents is 1. The lowest BCUT2D eigenvalue weighted by Gasteiger charge is -2.10. The molecule has 0 aliphatic heterocycles. The number of nitrogens with one attached hydrogen (secondary N) is 1. The van der Waals surface area contributed by atoms with Crippen LogP contribution in [0.4, 0.5) is 8.78 Å². The largest absolute Gasteiger partial charge is 0.507 e. The Kier molecular flexibility index (Phi) is 5.67. The second-order valence-electron chi connectivity index (χ2n) is 4.51. The number of hydrazone groups is 1. The molecule has 1 amide bonds. The summed E-state index contributed by atoms with van der Waals surface area (Å²) in [4.78, 5) is 11.8. The summed E-state index contributed by atoms with van der Waals surface area (Å²) >= 11 is 0. The van der Waals surface area contributed by atoms with Crippen LogP contribution in [0.1, 0.15) is 15.9 Å². The molecule has 0 saturated carbocycles. The van der Waals surface area contributed by atoms with Crippen LogP contribution in [0.25, 0.3) is 0 Å². The van der Waals surface area contributed by atoms with Crippen LogP contribution in [0.15, 0.2) is 47.6 Å². The highest BCUT2D eigenvalue weighted by Crippen LogP contribution is 2.28. The first kappa shape index (κ1) is 17.2. The molecule has 2 aromatic carbocycles. The number of phenols is 1. The van der Waals surface area contributed by atoms with Crippen molar-refractivity contribution < 1.29 is 28.2 Å². The average Bonchev–Trinajstić information content (AvgIpc) is 2.56. The maximum absolute atomic E-state index is 12.3. The first-order valence-electron chi connectivity index (χ1n) is 6.75. The number of hydrogen-bond acceptors (Lipinski definition) is 5. The van der Waals surface area contributed by atoms with Crippen molar-refractivity contribution in [1.82, 2.24) is 5.43 Å². The second-order valence-corrected chi connectivity index (χ2v) is 4.51. The van der Waals surface area contributed by atoms with Crippen molar-refractivity contribution in [2.24, 2.45) is 5.10 Å². The molecule has 0 atom stereocenters. The molecule has 0 aromatic heterocycles. The van der Waals surface area contributed by atoms with Crippen LogP contribution in [-0.4, -0.2) is 30.9 Å². The lowest BCUT2D eigenvalue weighted by molar-refractivity contribution is -0.0512. The van der Waals surface area contributed by atoms with E-state index in [4.69, 9.17) is 4.74 Å². The van der Waals surface area contributed by atoms with Gasteiger partial charge in [-0.15, -0.1) is 0 Å². The molecule has 2 rings (SSSR count). The number of para-hydroxylation sites is 1. The molecular weight excluding hydrogens is 322 g/mol. The van der Waals surface area contributed by atoms with Gasteiger partial charge < -0.3 is 14.6 Å². The Hall–Kier alpha value is -3.16. The van der Waals surface area contributed by atoms with Gasteiger partial charge in [0.25, 0.3) is 5.91 Å². The van der Waals surface area contributed by atoms with Crippen molar-refractivity contribution in [2.75, 3.05) is 7.11 Å². The third-order valence-corrected chi connectivity index (χ3v) is 2.93. The summed E-state index contributed by atoms with van der Waals surface area (Å²) in [6.07, 6.45) is 1.30. The zero-order chi connectivity index (χ0) is 17.5. The standard InChI is InChI=1S/C16H14F2N2O4/c1-23-14-8-10(6-7-13(14)24-16(17)18)9-19-20-15(22)11-4-2-3-5-12(11)21/h2-9,16,21H,1H3,(H,20,22). The number of halogens is 2.